The maximum Gasteiger partial charge on any atom is 0.276 e. The van der Waals surface area contributed by atoms with Crippen molar-refractivity contribution < 1.29 is 9.59 Å². The van der Waals surface area contributed by atoms with Gasteiger partial charge in [-0.2, -0.15) is 0 Å². The standard InChI is InChI=1S/C18H17N5O2S2/c1-10-15(26-11(2)20-10)17(25)23-8-6-12-14(9-23)27-18(21-12)22-16(24)13-5-3-4-7-19-13/h3-5,7H,6,8-9H2,1-2H3,(H,21,22,24). The van der Waals surface area contributed by atoms with Crippen LogP contribution in [-0.2, 0) is 13.0 Å². The highest BCUT2D eigenvalue weighted by atomic mass is 32.1. The van der Waals surface area contributed by atoms with E-state index in [0.717, 1.165) is 21.3 Å². The van der Waals surface area contributed by atoms with Crippen LogP contribution in [0.2, 0.25) is 0 Å². The minimum atomic E-state index is -0.287. The molecule has 4 heterocycles. The molecule has 2 amide bonds. The molecule has 9 heteroatoms. The highest BCUT2D eigenvalue weighted by Gasteiger charge is 2.27. The lowest BCUT2D eigenvalue weighted by Crippen LogP contribution is -2.35. The molecule has 0 saturated carbocycles. The first kappa shape index (κ1) is 17.7. The van der Waals surface area contributed by atoms with Crippen molar-refractivity contribution in [2.24, 2.45) is 0 Å². The molecule has 0 unspecified atom stereocenters. The number of aryl methyl sites for hydroxylation is 2. The molecule has 138 valence electrons. The quantitative estimate of drug-likeness (QED) is 0.731. The number of amides is 2. The molecule has 3 aromatic heterocycles. The third-order valence-electron chi connectivity index (χ3n) is 4.23. The van der Waals surface area contributed by atoms with Crippen molar-refractivity contribution in [2.75, 3.05) is 11.9 Å². The lowest BCUT2D eigenvalue weighted by atomic mass is 10.1. The second-order valence-corrected chi connectivity index (χ2v) is 8.47. The second kappa shape index (κ2) is 7.16. The van der Waals surface area contributed by atoms with Gasteiger partial charge in [0.15, 0.2) is 5.13 Å². The van der Waals surface area contributed by atoms with Crippen LogP contribution in [-0.4, -0.2) is 38.2 Å². The van der Waals surface area contributed by atoms with Gasteiger partial charge in [0, 0.05) is 24.0 Å². The average molecular weight is 400 g/mol. The fourth-order valence-electron chi connectivity index (χ4n) is 2.95. The number of anilines is 1. The number of carbonyl (C=O) groups excluding carboxylic acids is 2. The summed E-state index contributed by atoms with van der Waals surface area (Å²) < 4.78 is 0. The molecule has 0 spiro atoms. The van der Waals surface area contributed by atoms with Crippen molar-refractivity contribution >= 4 is 39.6 Å². The van der Waals surface area contributed by atoms with Crippen molar-refractivity contribution in [1.82, 2.24) is 19.9 Å². The highest BCUT2D eigenvalue weighted by molar-refractivity contribution is 7.16. The van der Waals surface area contributed by atoms with Crippen molar-refractivity contribution in [1.29, 1.82) is 0 Å². The summed E-state index contributed by atoms with van der Waals surface area (Å²) in [7, 11) is 0. The van der Waals surface area contributed by atoms with E-state index in [9.17, 15) is 9.59 Å². The van der Waals surface area contributed by atoms with Crippen LogP contribution < -0.4 is 5.32 Å². The van der Waals surface area contributed by atoms with Gasteiger partial charge in [-0.3, -0.25) is 19.9 Å². The number of hydrogen-bond acceptors (Lipinski definition) is 7. The van der Waals surface area contributed by atoms with Crippen molar-refractivity contribution in [3.05, 3.63) is 56.2 Å². The highest BCUT2D eigenvalue weighted by Crippen LogP contribution is 2.30. The number of fused-ring (bicyclic) bond motifs is 1. The van der Waals surface area contributed by atoms with E-state index in [1.807, 2.05) is 18.7 Å². The zero-order valence-corrected chi connectivity index (χ0v) is 16.5. The van der Waals surface area contributed by atoms with Crippen LogP contribution >= 0.6 is 22.7 Å². The third kappa shape index (κ3) is 3.60. The molecular weight excluding hydrogens is 382 g/mol. The summed E-state index contributed by atoms with van der Waals surface area (Å²) in [5, 5.41) is 4.23. The van der Waals surface area contributed by atoms with E-state index in [4.69, 9.17) is 0 Å². The molecule has 4 rings (SSSR count). The Bertz CT molecular complexity index is 1010. The summed E-state index contributed by atoms with van der Waals surface area (Å²) in [6, 6.07) is 5.18. The van der Waals surface area contributed by atoms with E-state index in [-0.39, 0.29) is 11.8 Å². The van der Waals surface area contributed by atoms with E-state index in [0.29, 0.717) is 35.2 Å². The van der Waals surface area contributed by atoms with Gasteiger partial charge < -0.3 is 4.90 Å². The van der Waals surface area contributed by atoms with Crippen LogP contribution in [0.25, 0.3) is 0 Å². The van der Waals surface area contributed by atoms with Crippen LogP contribution in [0.3, 0.4) is 0 Å². The molecule has 0 saturated heterocycles. The molecule has 27 heavy (non-hydrogen) atoms. The molecule has 3 aromatic rings. The number of nitrogens with one attached hydrogen (secondary N) is 1. The Morgan fingerprint density at radius 2 is 2.04 bits per heavy atom. The number of thiazole rings is 2. The van der Waals surface area contributed by atoms with Crippen LogP contribution in [0.5, 0.6) is 0 Å². The van der Waals surface area contributed by atoms with Crippen LogP contribution in [0.15, 0.2) is 24.4 Å². The minimum absolute atomic E-state index is 0.0104. The Balaban J connectivity index is 1.48. The largest absolute Gasteiger partial charge is 0.332 e. The van der Waals surface area contributed by atoms with E-state index >= 15 is 0 Å². The molecule has 0 aliphatic carbocycles. The number of hydrogen-bond donors (Lipinski definition) is 1. The molecule has 0 atom stereocenters. The first-order valence-corrected chi connectivity index (χ1v) is 10.1. The topological polar surface area (TPSA) is 88.1 Å². The minimum Gasteiger partial charge on any atom is -0.332 e. The summed E-state index contributed by atoms with van der Waals surface area (Å²) in [5.74, 6) is -0.276. The molecule has 0 fully saturated rings. The zero-order chi connectivity index (χ0) is 19.0. The van der Waals surface area contributed by atoms with Gasteiger partial charge in [-0.1, -0.05) is 17.4 Å². The molecule has 1 aliphatic heterocycles. The predicted octanol–water partition coefficient (Wildman–Crippen LogP) is 3.06. The fourth-order valence-corrected chi connectivity index (χ4v) is 4.86. The second-order valence-electron chi connectivity index (χ2n) is 6.18. The van der Waals surface area contributed by atoms with Gasteiger partial charge in [-0.15, -0.1) is 11.3 Å². The van der Waals surface area contributed by atoms with E-state index in [1.54, 1.807) is 24.4 Å². The van der Waals surface area contributed by atoms with Crippen molar-refractivity contribution in [3.8, 4) is 0 Å². The molecule has 0 radical (unpaired) electrons. The number of carbonyl (C=O) groups is 2. The summed E-state index contributed by atoms with van der Waals surface area (Å²) in [5.41, 5.74) is 2.07. The predicted molar refractivity (Wildman–Crippen MR) is 104 cm³/mol. The average Bonchev–Trinajstić information content (AvgIpc) is 3.22. The lowest BCUT2D eigenvalue weighted by Gasteiger charge is -2.25. The van der Waals surface area contributed by atoms with Gasteiger partial charge in [0.25, 0.3) is 11.8 Å². The summed E-state index contributed by atoms with van der Waals surface area (Å²) in [4.78, 5) is 41.5. The van der Waals surface area contributed by atoms with E-state index in [2.05, 4.69) is 20.3 Å². The summed E-state index contributed by atoms with van der Waals surface area (Å²) >= 11 is 2.84. The molecule has 0 bridgehead atoms. The molecule has 1 aliphatic rings. The van der Waals surface area contributed by atoms with Crippen LogP contribution in [0, 0.1) is 13.8 Å². The Morgan fingerprint density at radius 3 is 2.74 bits per heavy atom. The molecule has 7 nitrogen and oxygen atoms in total. The van der Waals surface area contributed by atoms with Gasteiger partial charge in [-0.25, -0.2) is 9.97 Å². The first-order chi connectivity index (χ1) is 13.0. The number of aromatic nitrogens is 3. The van der Waals surface area contributed by atoms with Gasteiger partial charge >= 0.3 is 0 Å². The van der Waals surface area contributed by atoms with E-state index < -0.39 is 0 Å². The normalized spacial score (nSPS) is 13.3. The van der Waals surface area contributed by atoms with Gasteiger partial charge in [0.1, 0.15) is 10.6 Å². The van der Waals surface area contributed by atoms with Gasteiger partial charge in [0.05, 0.1) is 22.9 Å². The molecular formula is C18H17N5O2S2. The molecule has 0 aromatic carbocycles. The smallest absolute Gasteiger partial charge is 0.276 e. The van der Waals surface area contributed by atoms with Crippen molar-refractivity contribution in [2.45, 2.75) is 26.8 Å². The Labute approximate surface area is 164 Å². The lowest BCUT2D eigenvalue weighted by molar-refractivity contribution is 0.0740. The monoisotopic (exact) mass is 399 g/mol. The third-order valence-corrected chi connectivity index (χ3v) is 6.29. The SMILES string of the molecule is Cc1nc(C)c(C(=O)N2CCc3nc(NC(=O)c4ccccn4)sc3C2)s1. The van der Waals surface area contributed by atoms with Crippen LogP contribution in [0.1, 0.15) is 41.4 Å². The van der Waals surface area contributed by atoms with Gasteiger partial charge in [0.2, 0.25) is 0 Å². The fraction of sp³-hybridized carbons (Fsp3) is 0.278. The number of pyridine rings is 1. The first-order valence-electron chi connectivity index (χ1n) is 8.45. The van der Waals surface area contributed by atoms with Gasteiger partial charge in [-0.05, 0) is 26.0 Å². The maximum atomic E-state index is 12.8. The van der Waals surface area contributed by atoms with E-state index in [1.165, 1.54) is 22.7 Å². The maximum absolute atomic E-state index is 12.8. The summed E-state index contributed by atoms with van der Waals surface area (Å²) in [6.45, 7) is 4.88. The summed E-state index contributed by atoms with van der Waals surface area (Å²) in [6.07, 6.45) is 2.25. The van der Waals surface area contributed by atoms with Crippen molar-refractivity contribution in [3.63, 3.8) is 0 Å². The zero-order valence-electron chi connectivity index (χ0n) is 14.9. The van der Waals surface area contributed by atoms with Crippen LogP contribution in [0.4, 0.5) is 5.13 Å². The Morgan fingerprint density at radius 1 is 1.19 bits per heavy atom. The Hall–Kier alpha value is -2.65. The number of nitrogens with zero attached hydrogens (tertiary/aromatic N) is 4. The molecule has 1 N–H and O–H groups in total. The Kier molecular flexibility index (Phi) is 4.71. The number of rotatable bonds is 3.